The molecule has 2 aromatic carbocycles. The lowest BCUT2D eigenvalue weighted by Crippen LogP contribution is -2.35. The van der Waals surface area contributed by atoms with Gasteiger partial charge in [-0.05, 0) is 67.0 Å². The third kappa shape index (κ3) is 4.99. The molecule has 1 aliphatic rings. The third-order valence-corrected chi connectivity index (χ3v) is 6.68. The van der Waals surface area contributed by atoms with Gasteiger partial charge in [0.2, 0.25) is 5.91 Å². The summed E-state index contributed by atoms with van der Waals surface area (Å²) >= 11 is 0. The number of nitrogens with one attached hydrogen (secondary N) is 2. The molecule has 1 fully saturated rings. The molecule has 1 amide bonds. The van der Waals surface area contributed by atoms with Crippen molar-refractivity contribution in [3.05, 3.63) is 59.7 Å². The van der Waals surface area contributed by atoms with Crippen LogP contribution in [0.3, 0.4) is 0 Å². The molecular weight excluding hydrogens is 384 g/mol. The summed E-state index contributed by atoms with van der Waals surface area (Å²) in [6.07, 6.45) is 3.48. The van der Waals surface area contributed by atoms with Gasteiger partial charge in [-0.1, -0.05) is 45.0 Å². The largest absolute Gasteiger partial charge is 0.355 e. The fraction of sp³-hybridized carbons (Fsp3) is 0.435. The summed E-state index contributed by atoms with van der Waals surface area (Å²) in [5.74, 6) is 0.585. The molecule has 0 radical (unpaired) electrons. The maximum atomic E-state index is 12.7. The number of sulfonamides is 1. The summed E-state index contributed by atoms with van der Waals surface area (Å²) in [7, 11) is -3.65. The summed E-state index contributed by atoms with van der Waals surface area (Å²) in [5.41, 5.74) is 2.11. The maximum Gasteiger partial charge on any atom is 0.261 e. The normalized spacial score (nSPS) is 15.2. The number of rotatable bonds is 9. The minimum absolute atomic E-state index is 0.0640. The Morgan fingerprint density at radius 3 is 2.17 bits per heavy atom. The first-order chi connectivity index (χ1) is 13.8. The maximum absolute atomic E-state index is 12.7. The SMILES string of the molecule is CCCNC(=O)C1(c2ccc(NS(=O)(=O)c3ccc(CC(C)C)cc3)cc2)CC1. The van der Waals surface area contributed by atoms with Gasteiger partial charge in [0.05, 0.1) is 10.3 Å². The summed E-state index contributed by atoms with van der Waals surface area (Å²) in [5, 5.41) is 2.97. The van der Waals surface area contributed by atoms with Crippen LogP contribution in [0.1, 0.15) is 51.2 Å². The highest BCUT2D eigenvalue weighted by Gasteiger charge is 2.50. The Labute approximate surface area is 174 Å². The van der Waals surface area contributed by atoms with Gasteiger partial charge in [-0.15, -0.1) is 0 Å². The van der Waals surface area contributed by atoms with E-state index >= 15 is 0 Å². The molecule has 6 heteroatoms. The van der Waals surface area contributed by atoms with Gasteiger partial charge in [0.25, 0.3) is 10.0 Å². The molecule has 0 aliphatic heterocycles. The summed E-state index contributed by atoms with van der Waals surface area (Å²) in [4.78, 5) is 12.7. The Balaban J connectivity index is 1.70. The van der Waals surface area contributed by atoms with Gasteiger partial charge in [-0.3, -0.25) is 9.52 Å². The molecule has 0 heterocycles. The highest BCUT2D eigenvalue weighted by Crippen LogP contribution is 2.48. The first-order valence-corrected chi connectivity index (χ1v) is 11.8. The van der Waals surface area contributed by atoms with E-state index in [1.54, 1.807) is 24.3 Å². The van der Waals surface area contributed by atoms with Crippen LogP contribution in [0.2, 0.25) is 0 Å². The zero-order chi connectivity index (χ0) is 21.1. The van der Waals surface area contributed by atoms with E-state index in [-0.39, 0.29) is 10.8 Å². The monoisotopic (exact) mass is 414 g/mol. The lowest BCUT2D eigenvalue weighted by atomic mass is 9.95. The van der Waals surface area contributed by atoms with E-state index in [9.17, 15) is 13.2 Å². The second-order valence-corrected chi connectivity index (χ2v) is 9.95. The van der Waals surface area contributed by atoms with Crippen molar-refractivity contribution in [2.24, 2.45) is 5.92 Å². The molecule has 0 aromatic heterocycles. The van der Waals surface area contributed by atoms with Gasteiger partial charge in [-0.25, -0.2) is 8.42 Å². The van der Waals surface area contributed by atoms with E-state index in [4.69, 9.17) is 0 Å². The molecule has 2 N–H and O–H groups in total. The van der Waals surface area contributed by atoms with Crippen molar-refractivity contribution < 1.29 is 13.2 Å². The molecule has 156 valence electrons. The predicted molar refractivity (Wildman–Crippen MR) is 116 cm³/mol. The second-order valence-electron chi connectivity index (χ2n) is 8.26. The van der Waals surface area contributed by atoms with Crippen molar-refractivity contribution in [2.45, 2.75) is 56.8 Å². The lowest BCUT2D eigenvalue weighted by molar-refractivity contribution is -0.123. The average Bonchev–Trinajstić information content (AvgIpc) is 3.48. The van der Waals surface area contributed by atoms with Gasteiger partial charge in [-0.2, -0.15) is 0 Å². The Bertz CT molecular complexity index is 945. The van der Waals surface area contributed by atoms with Crippen LogP contribution in [0.25, 0.3) is 0 Å². The number of carbonyl (C=O) groups is 1. The van der Waals surface area contributed by atoms with Crippen molar-refractivity contribution in [1.29, 1.82) is 0 Å². The van der Waals surface area contributed by atoms with Crippen molar-refractivity contribution in [1.82, 2.24) is 5.32 Å². The molecule has 0 spiro atoms. The highest BCUT2D eigenvalue weighted by molar-refractivity contribution is 7.92. The Kier molecular flexibility index (Phi) is 6.32. The first kappa shape index (κ1) is 21.4. The molecule has 0 unspecified atom stereocenters. The number of carbonyl (C=O) groups excluding carboxylic acids is 1. The van der Waals surface area contributed by atoms with Crippen LogP contribution < -0.4 is 10.0 Å². The van der Waals surface area contributed by atoms with Gasteiger partial charge in [0.15, 0.2) is 0 Å². The van der Waals surface area contributed by atoms with Crippen molar-refractivity contribution in [3.8, 4) is 0 Å². The van der Waals surface area contributed by atoms with Crippen molar-refractivity contribution in [2.75, 3.05) is 11.3 Å². The van der Waals surface area contributed by atoms with E-state index in [1.165, 1.54) is 0 Å². The molecule has 5 nitrogen and oxygen atoms in total. The van der Waals surface area contributed by atoms with E-state index in [0.29, 0.717) is 18.2 Å². The number of amides is 1. The van der Waals surface area contributed by atoms with Crippen LogP contribution in [0, 0.1) is 5.92 Å². The minimum Gasteiger partial charge on any atom is -0.355 e. The summed E-state index contributed by atoms with van der Waals surface area (Å²) in [6.45, 7) is 6.97. The molecule has 2 aromatic rings. The van der Waals surface area contributed by atoms with E-state index in [0.717, 1.165) is 36.8 Å². The zero-order valence-corrected chi connectivity index (χ0v) is 18.2. The summed E-state index contributed by atoms with van der Waals surface area (Å²) < 4.78 is 28.0. The molecule has 1 saturated carbocycles. The number of hydrogen-bond acceptors (Lipinski definition) is 3. The van der Waals surface area contributed by atoms with E-state index in [1.807, 2.05) is 31.2 Å². The summed E-state index contributed by atoms with van der Waals surface area (Å²) in [6, 6.07) is 14.2. The van der Waals surface area contributed by atoms with Crippen molar-refractivity contribution in [3.63, 3.8) is 0 Å². The predicted octanol–water partition coefficient (Wildman–Crippen LogP) is 4.24. The van der Waals surface area contributed by atoms with Crippen LogP contribution in [0.5, 0.6) is 0 Å². The van der Waals surface area contributed by atoms with Crippen molar-refractivity contribution >= 4 is 21.6 Å². The Morgan fingerprint density at radius 2 is 1.66 bits per heavy atom. The molecule has 3 rings (SSSR count). The molecule has 0 saturated heterocycles. The fourth-order valence-corrected chi connectivity index (χ4v) is 4.59. The van der Waals surface area contributed by atoms with Gasteiger partial charge < -0.3 is 5.32 Å². The van der Waals surface area contributed by atoms with Gasteiger partial charge >= 0.3 is 0 Å². The Morgan fingerprint density at radius 1 is 1.03 bits per heavy atom. The van der Waals surface area contributed by atoms with Crippen LogP contribution in [0.15, 0.2) is 53.4 Å². The van der Waals surface area contributed by atoms with Crippen LogP contribution in [0.4, 0.5) is 5.69 Å². The fourth-order valence-electron chi connectivity index (χ4n) is 3.53. The molecular formula is C23H30N2O3S. The smallest absolute Gasteiger partial charge is 0.261 e. The van der Waals surface area contributed by atoms with E-state index < -0.39 is 15.4 Å². The molecule has 0 bridgehead atoms. The Hall–Kier alpha value is -2.34. The van der Waals surface area contributed by atoms with E-state index in [2.05, 4.69) is 23.9 Å². The minimum atomic E-state index is -3.65. The van der Waals surface area contributed by atoms with Crippen LogP contribution in [-0.4, -0.2) is 20.9 Å². The molecule has 29 heavy (non-hydrogen) atoms. The van der Waals surface area contributed by atoms with Gasteiger partial charge in [0, 0.05) is 12.2 Å². The molecule has 1 aliphatic carbocycles. The standard InChI is InChI=1S/C23H30N2O3S/c1-4-15-24-22(26)23(13-14-23)19-7-9-20(10-8-19)25-29(27,28)21-11-5-18(6-12-21)16-17(2)3/h5-12,17,25H,4,13-16H2,1-3H3,(H,24,26). The lowest BCUT2D eigenvalue weighted by Gasteiger charge is -2.16. The highest BCUT2D eigenvalue weighted by atomic mass is 32.2. The van der Waals surface area contributed by atoms with Crippen LogP contribution in [-0.2, 0) is 26.7 Å². The zero-order valence-electron chi connectivity index (χ0n) is 17.4. The number of anilines is 1. The third-order valence-electron chi connectivity index (χ3n) is 5.29. The second kappa shape index (κ2) is 8.57. The number of benzene rings is 2. The average molecular weight is 415 g/mol. The quantitative estimate of drug-likeness (QED) is 0.644. The molecule has 0 atom stereocenters. The number of hydrogen-bond donors (Lipinski definition) is 2. The topological polar surface area (TPSA) is 75.3 Å². The first-order valence-electron chi connectivity index (χ1n) is 10.3. The van der Waals surface area contributed by atoms with Gasteiger partial charge in [0.1, 0.15) is 0 Å². The van der Waals surface area contributed by atoms with Crippen LogP contribution >= 0.6 is 0 Å².